The first-order valence-corrected chi connectivity index (χ1v) is 7.28. The van der Waals surface area contributed by atoms with Crippen molar-refractivity contribution < 1.29 is 0 Å². The number of rotatable bonds is 1. The van der Waals surface area contributed by atoms with E-state index in [4.69, 9.17) is 0 Å². The lowest BCUT2D eigenvalue weighted by Crippen LogP contribution is -2.71. The van der Waals surface area contributed by atoms with Gasteiger partial charge in [0.05, 0.1) is 5.39 Å². The van der Waals surface area contributed by atoms with Crippen LogP contribution in [0.25, 0.3) is 11.0 Å². The van der Waals surface area contributed by atoms with Gasteiger partial charge in [-0.1, -0.05) is 13.8 Å². The molecule has 0 aliphatic carbocycles. The fraction of sp³-hybridized carbons (Fsp3) is 0.600. The summed E-state index contributed by atoms with van der Waals surface area (Å²) in [5.74, 6) is 1.07. The van der Waals surface area contributed by atoms with Crippen molar-refractivity contribution in [3.8, 4) is 0 Å². The van der Waals surface area contributed by atoms with Gasteiger partial charge in [0.15, 0.2) is 0 Å². The van der Waals surface area contributed by atoms with Gasteiger partial charge in [-0.05, 0) is 24.9 Å². The van der Waals surface area contributed by atoms with E-state index in [2.05, 4.69) is 51.7 Å². The molecule has 2 aromatic rings. The van der Waals surface area contributed by atoms with Gasteiger partial charge in [0.2, 0.25) is 0 Å². The van der Waals surface area contributed by atoms with Crippen molar-refractivity contribution in [1.29, 1.82) is 0 Å². The molecule has 106 valence electrons. The molecule has 4 rings (SSSR count). The van der Waals surface area contributed by atoms with E-state index in [1.54, 1.807) is 6.33 Å². The second kappa shape index (κ2) is 3.73. The van der Waals surface area contributed by atoms with E-state index in [-0.39, 0.29) is 0 Å². The summed E-state index contributed by atoms with van der Waals surface area (Å²) >= 11 is 0. The van der Waals surface area contributed by atoms with Gasteiger partial charge in [-0.15, -0.1) is 0 Å². The Morgan fingerprint density at radius 1 is 1.25 bits per heavy atom. The van der Waals surface area contributed by atoms with Gasteiger partial charge in [0.25, 0.3) is 0 Å². The highest BCUT2D eigenvalue weighted by Gasteiger charge is 2.60. The average molecular weight is 271 g/mol. The Bertz CT molecular complexity index is 661. The predicted molar refractivity (Wildman–Crippen MR) is 79.9 cm³/mol. The molecule has 5 heteroatoms. The Hall–Kier alpha value is -1.62. The van der Waals surface area contributed by atoms with Crippen LogP contribution in [0.2, 0.25) is 0 Å². The van der Waals surface area contributed by atoms with Gasteiger partial charge in [-0.25, -0.2) is 9.97 Å². The van der Waals surface area contributed by atoms with Gasteiger partial charge in [0.1, 0.15) is 17.8 Å². The summed E-state index contributed by atoms with van der Waals surface area (Å²) in [5.41, 5.74) is 1.62. The van der Waals surface area contributed by atoms with Gasteiger partial charge >= 0.3 is 0 Å². The van der Waals surface area contributed by atoms with Crippen LogP contribution in [0.15, 0.2) is 18.6 Å². The van der Waals surface area contributed by atoms with Crippen LogP contribution in [0.3, 0.4) is 0 Å². The van der Waals surface area contributed by atoms with Crippen molar-refractivity contribution in [2.24, 2.45) is 5.41 Å². The molecular formula is C15H21N5. The smallest absolute Gasteiger partial charge is 0.142 e. The molecule has 0 bridgehead atoms. The maximum absolute atomic E-state index is 4.53. The third-order valence-corrected chi connectivity index (χ3v) is 5.50. The summed E-state index contributed by atoms with van der Waals surface area (Å²) in [6.45, 7) is 8.10. The molecule has 1 unspecified atom stereocenters. The Morgan fingerprint density at radius 3 is 2.80 bits per heavy atom. The molecule has 2 aliphatic heterocycles. The minimum absolute atomic E-state index is 0.306. The molecule has 1 atom stereocenters. The number of hydrogen-bond acceptors (Lipinski definition) is 4. The number of aromatic nitrogens is 3. The Kier molecular flexibility index (Phi) is 2.26. The zero-order chi connectivity index (χ0) is 14.0. The molecule has 2 aliphatic rings. The molecule has 4 heterocycles. The lowest BCUT2D eigenvalue weighted by molar-refractivity contribution is -0.108. The highest BCUT2D eigenvalue weighted by Crippen LogP contribution is 2.51. The van der Waals surface area contributed by atoms with E-state index < -0.39 is 0 Å². The largest absolute Gasteiger partial charge is 0.354 e. The number of H-pyrrole nitrogens is 1. The molecule has 0 radical (unpaired) electrons. The number of fused-ring (bicyclic) bond motifs is 1. The number of hydrogen-bond donors (Lipinski definition) is 1. The first-order valence-electron chi connectivity index (χ1n) is 7.28. The van der Waals surface area contributed by atoms with E-state index in [0.29, 0.717) is 11.0 Å². The molecule has 5 nitrogen and oxygen atoms in total. The van der Waals surface area contributed by atoms with Crippen molar-refractivity contribution in [2.45, 2.75) is 25.8 Å². The SMILES string of the molecule is CN1CC(C)(C)C12CCN(c1ncnc3[nH]ccc13)C2. The van der Waals surface area contributed by atoms with Crippen molar-refractivity contribution in [2.75, 3.05) is 31.6 Å². The maximum atomic E-state index is 4.53. The lowest BCUT2D eigenvalue weighted by Gasteiger charge is -2.61. The zero-order valence-corrected chi connectivity index (χ0v) is 12.3. The molecular weight excluding hydrogens is 250 g/mol. The summed E-state index contributed by atoms with van der Waals surface area (Å²) in [5, 5.41) is 1.13. The van der Waals surface area contributed by atoms with Crippen LogP contribution < -0.4 is 4.90 Å². The van der Waals surface area contributed by atoms with Crippen molar-refractivity contribution >= 4 is 16.9 Å². The molecule has 0 saturated carbocycles. The fourth-order valence-corrected chi connectivity index (χ4v) is 4.27. The first-order chi connectivity index (χ1) is 9.53. The second-order valence-electron chi connectivity index (χ2n) is 6.88. The standard InChI is InChI=1S/C15H21N5/c1-14(2)8-19(3)15(14)5-7-20(9-15)13-11-4-6-16-12(11)17-10-18-13/h4,6,10H,5,7-9H2,1-3H3,(H,16,17,18). The molecule has 2 fully saturated rings. The minimum Gasteiger partial charge on any atom is -0.354 e. The van der Waals surface area contributed by atoms with Crippen molar-refractivity contribution in [3.63, 3.8) is 0 Å². The summed E-state index contributed by atoms with van der Waals surface area (Å²) in [7, 11) is 2.25. The van der Waals surface area contributed by atoms with E-state index in [1.165, 1.54) is 13.0 Å². The predicted octanol–water partition coefficient (Wildman–Crippen LogP) is 1.88. The van der Waals surface area contributed by atoms with Gasteiger partial charge in [0, 0.05) is 31.4 Å². The number of aromatic amines is 1. The molecule has 20 heavy (non-hydrogen) atoms. The number of likely N-dealkylation sites (tertiary alicyclic amines) is 1. The van der Waals surface area contributed by atoms with Crippen LogP contribution in [0.4, 0.5) is 5.82 Å². The van der Waals surface area contributed by atoms with E-state index in [0.717, 1.165) is 29.9 Å². The molecule has 2 aromatic heterocycles. The highest BCUT2D eigenvalue weighted by molar-refractivity contribution is 5.87. The van der Waals surface area contributed by atoms with Crippen LogP contribution in [0.5, 0.6) is 0 Å². The molecule has 0 aromatic carbocycles. The third-order valence-electron chi connectivity index (χ3n) is 5.50. The lowest BCUT2D eigenvalue weighted by atomic mass is 9.63. The molecule has 1 N–H and O–H groups in total. The quantitative estimate of drug-likeness (QED) is 0.860. The second-order valence-corrected chi connectivity index (χ2v) is 6.88. The van der Waals surface area contributed by atoms with Gasteiger partial charge in [-0.3, -0.25) is 4.90 Å². The van der Waals surface area contributed by atoms with Crippen LogP contribution in [-0.2, 0) is 0 Å². The highest BCUT2D eigenvalue weighted by atomic mass is 15.4. The average Bonchev–Trinajstić information content (AvgIpc) is 3.06. The van der Waals surface area contributed by atoms with Crippen LogP contribution in [-0.4, -0.2) is 52.1 Å². The van der Waals surface area contributed by atoms with Crippen molar-refractivity contribution in [3.05, 3.63) is 18.6 Å². The summed E-state index contributed by atoms with van der Waals surface area (Å²) in [6, 6.07) is 2.07. The maximum Gasteiger partial charge on any atom is 0.142 e. The first kappa shape index (κ1) is 12.1. The van der Waals surface area contributed by atoms with Crippen LogP contribution in [0, 0.1) is 5.41 Å². The third kappa shape index (κ3) is 1.36. The number of nitrogens with zero attached hydrogens (tertiary/aromatic N) is 4. The normalized spacial score (nSPS) is 29.2. The van der Waals surface area contributed by atoms with Crippen molar-refractivity contribution in [1.82, 2.24) is 19.9 Å². The minimum atomic E-state index is 0.306. The number of nitrogens with one attached hydrogen (secondary N) is 1. The topological polar surface area (TPSA) is 48.1 Å². The Morgan fingerprint density at radius 2 is 2.10 bits per heavy atom. The molecule has 2 saturated heterocycles. The number of likely N-dealkylation sites (N-methyl/N-ethyl adjacent to an activating group) is 1. The Labute approximate surface area is 119 Å². The number of anilines is 1. The van der Waals surface area contributed by atoms with Crippen LogP contribution in [0.1, 0.15) is 20.3 Å². The summed E-state index contributed by atoms with van der Waals surface area (Å²) in [4.78, 5) is 16.9. The summed E-state index contributed by atoms with van der Waals surface area (Å²) in [6.07, 6.45) is 4.81. The zero-order valence-electron chi connectivity index (χ0n) is 12.3. The van der Waals surface area contributed by atoms with E-state index in [9.17, 15) is 0 Å². The summed E-state index contributed by atoms with van der Waals surface area (Å²) < 4.78 is 0. The monoisotopic (exact) mass is 271 g/mol. The molecule has 1 spiro atoms. The fourth-order valence-electron chi connectivity index (χ4n) is 4.27. The molecule has 0 amide bonds. The van der Waals surface area contributed by atoms with E-state index >= 15 is 0 Å². The van der Waals surface area contributed by atoms with Crippen LogP contribution >= 0.6 is 0 Å². The van der Waals surface area contributed by atoms with E-state index in [1.807, 2.05) is 6.20 Å². The van der Waals surface area contributed by atoms with Gasteiger partial charge < -0.3 is 9.88 Å². The van der Waals surface area contributed by atoms with Gasteiger partial charge in [-0.2, -0.15) is 0 Å². The Balaban J connectivity index is 1.71.